The molecule has 0 bridgehead atoms. The van der Waals surface area contributed by atoms with Crippen molar-refractivity contribution >= 4 is 11.6 Å². The summed E-state index contributed by atoms with van der Waals surface area (Å²) in [4.78, 5) is 14.3. The molecular weight excluding hydrogens is 226 g/mol. The number of hydrogen-bond acceptors (Lipinski definition) is 2. The van der Waals surface area contributed by atoms with Gasteiger partial charge in [-0.05, 0) is 37.3 Å². The highest BCUT2D eigenvalue weighted by atomic mass is 16.3. The predicted octanol–water partition coefficient (Wildman–Crippen LogP) is 3.11. The van der Waals surface area contributed by atoms with E-state index in [1.165, 1.54) is 0 Å². The van der Waals surface area contributed by atoms with Crippen LogP contribution in [0.25, 0.3) is 0 Å². The molecule has 3 heteroatoms. The number of rotatable bonds is 3. The van der Waals surface area contributed by atoms with Crippen molar-refractivity contribution in [2.24, 2.45) is 5.92 Å². The molecule has 0 spiro atoms. The van der Waals surface area contributed by atoms with Crippen molar-refractivity contribution in [1.82, 2.24) is 0 Å². The van der Waals surface area contributed by atoms with E-state index in [4.69, 9.17) is 0 Å². The third-order valence-electron chi connectivity index (χ3n) is 3.80. The maximum Gasteiger partial charge on any atom is 0.230 e. The molecule has 2 rings (SSSR count). The molecule has 0 radical (unpaired) electrons. The lowest BCUT2D eigenvalue weighted by molar-refractivity contribution is -0.122. The molecule has 3 nitrogen and oxygen atoms in total. The predicted molar refractivity (Wildman–Crippen MR) is 72.9 cm³/mol. The summed E-state index contributed by atoms with van der Waals surface area (Å²) in [6.45, 7) is 4.81. The molecule has 0 aromatic heterocycles. The molecule has 0 aliphatic carbocycles. The van der Waals surface area contributed by atoms with Crippen molar-refractivity contribution in [2.45, 2.75) is 39.5 Å². The van der Waals surface area contributed by atoms with E-state index in [1.807, 2.05) is 26.0 Å². The Morgan fingerprint density at radius 3 is 2.78 bits per heavy atom. The van der Waals surface area contributed by atoms with Crippen molar-refractivity contribution < 1.29 is 9.90 Å². The molecule has 1 aromatic rings. The second kappa shape index (κ2) is 5.42. The molecular formula is C15H21NO2. The first-order chi connectivity index (χ1) is 8.69. The van der Waals surface area contributed by atoms with Crippen LogP contribution in [0.4, 0.5) is 5.69 Å². The fourth-order valence-corrected chi connectivity index (χ4v) is 2.71. The fraction of sp³-hybridized carbons (Fsp3) is 0.533. The van der Waals surface area contributed by atoms with Crippen LogP contribution < -0.4 is 4.90 Å². The molecule has 1 amide bonds. The standard InChI is InChI=1S/C15H21NO2/c1-3-11(4-2)15(18)16-10-6-8-12-7-5-9-13(17)14(12)16/h5,7,9,11,17H,3-4,6,8,10H2,1-2H3. The van der Waals surface area contributed by atoms with E-state index in [2.05, 4.69) is 0 Å². The Labute approximate surface area is 108 Å². The van der Waals surface area contributed by atoms with Gasteiger partial charge in [0.15, 0.2) is 0 Å². The summed E-state index contributed by atoms with van der Waals surface area (Å²) in [6, 6.07) is 5.51. The van der Waals surface area contributed by atoms with Crippen molar-refractivity contribution in [1.29, 1.82) is 0 Å². The number of nitrogens with zero attached hydrogens (tertiary/aromatic N) is 1. The first kappa shape index (κ1) is 12.9. The van der Waals surface area contributed by atoms with E-state index in [-0.39, 0.29) is 17.6 Å². The molecule has 1 aliphatic heterocycles. The van der Waals surface area contributed by atoms with Crippen molar-refractivity contribution in [3.8, 4) is 5.75 Å². The Balaban J connectivity index is 2.35. The average molecular weight is 247 g/mol. The topological polar surface area (TPSA) is 40.5 Å². The quantitative estimate of drug-likeness (QED) is 0.891. The Morgan fingerprint density at radius 2 is 2.11 bits per heavy atom. The van der Waals surface area contributed by atoms with Gasteiger partial charge in [-0.2, -0.15) is 0 Å². The summed E-state index contributed by atoms with van der Waals surface area (Å²) in [5.41, 5.74) is 1.82. The number of benzene rings is 1. The smallest absolute Gasteiger partial charge is 0.230 e. The second-order valence-corrected chi connectivity index (χ2v) is 4.89. The maximum absolute atomic E-state index is 12.5. The molecule has 1 N–H and O–H groups in total. The zero-order valence-corrected chi connectivity index (χ0v) is 11.1. The summed E-state index contributed by atoms with van der Waals surface area (Å²) < 4.78 is 0. The van der Waals surface area contributed by atoms with Crippen molar-refractivity contribution in [3.05, 3.63) is 23.8 Å². The van der Waals surface area contributed by atoms with E-state index in [1.54, 1.807) is 11.0 Å². The van der Waals surface area contributed by atoms with Crippen LogP contribution in [0, 0.1) is 5.92 Å². The number of phenolic OH excluding ortho intramolecular Hbond substituents is 1. The first-order valence-corrected chi connectivity index (χ1v) is 6.81. The highest BCUT2D eigenvalue weighted by molar-refractivity contribution is 5.97. The molecule has 1 aliphatic rings. The van der Waals surface area contributed by atoms with E-state index in [9.17, 15) is 9.90 Å². The largest absolute Gasteiger partial charge is 0.506 e. The maximum atomic E-state index is 12.5. The second-order valence-electron chi connectivity index (χ2n) is 4.89. The number of carbonyl (C=O) groups excluding carboxylic acids is 1. The number of para-hydroxylation sites is 1. The molecule has 0 saturated heterocycles. The lowest BCUT2D eigenvalue weighted by Gasteiger charge is -2.32. The van der Waals surface area contributed by atoms with Crippen LogP contribution in [0.2, 0.25) is 0 Å². The van der Waals surface area contributed by atoms with Gasteiger partial charge in [0.25, 0.3) is 0 Å². The molecule has 98 valence electrons. The van der Waals surface area contributed by atoms with Gasteiger partial charge >= 0.3 is 0 Å². The summed E-state index contributed by atoms with van der Waals surface area (Å²) >= 11 is 0. The minimum absolute atomic E-state index is 0.0653. The number of phenols is 1. The van der Waals surface area contributed by atoms with Gasteiger partial charge in [-0.3, -0.25) is 4.79 Å². The Bertz CT molecular complexity index is 438. The Kier molecular flexibility index (Phi) is 3.90. The molecule has 1 heterocycles. The first-order valence-electron chi connectivity index (χ1n) is 6.81. The minimum Gasteiger partial charge on any atom is -0.506 e. The number of hydrogen-bond donors (Lipinski definition) is 1. The van der Waals surface area contributed by atoms with Gasteiger partial charge in [-0.15, -0.1) is 0 Å². The Hall–Kier alpha value is -1.51. The zero-order valence-electron chi connectivity index (χ0n) is 11.1. The van der Waals surface area contributed by atoms with Gasteiger partial charge in [0.05, 0.1) is 5.69 Å². The lowest BCUT2D eigenvalue weighted by Crippen LogP contribution is -2.39. The van der Waals surface area contributed by atoms with Crippen molar-refractivity contribution in [2.75, 3.05) is 11.4 Å². The van der Waals surface area contributed by atoms with Gasteiger partial charge in [0, 0.05) is 12.5 Å². The van der Waals surface area contributed by atoms with E-state index in [0.717, 1.165) is 43.5 Å². The van der Waals surface area contributed by atoms with Gasteiger partial charge in [-0.25, -0.2) is 0 Å². The summed E-state index contributed by atoms with van der Waals surface area (Å²) in [5.74, 6) is 0.449. The van der Waals surface area contributed by atoms with Crippen LogP contribution >= 0.6 is 0 Å². The van der Waals surface area contributed by atoms with Crippen LogP contribution in [-0.4, -0.2) is 17.6 Å². The number of carbonyl (C=O) groups is 1. The molecule has 0 atom stereocenters. The third-order valence-corrected chi connectivity index (χ3v) is 3.80. The van der Waals surface area contributed by atoms with Crippen LogP contribution in [-0.2, 0) is 11.2 Å². The highest BCUT2D eigenvalue weighted by Gasteiger charge is 2.28. The van der Waals surface area contributed by atoms with Crippen molar-refractivity contribution in [3.63, 3.8) is 0 Å². The number of amides is 1. The molecule has 18 heavy (non-hydrogen) atoms. The molecule has 0 saturated carbocycles. The van der Waals surface area contributed by atoms with Gasteiger partial charge in [0.2, 0.25) is 5.91 Å². The van der Waals surface area contributed by atoms with Gasteiger partial charge in [0.1, 0.15) is 5.75 Å². The van der Waals surface area contributed by atoms with E-state index < -0.39 is 0 Å². The average Bonchev–Trinajstić information content (AvgIpc) is 2.39. The summed E-state index contributed by atoms with van der Waals surface area (Å²) in [5, 5.41) is 10.0. The minimum atomic E-state index is 0.0653. The number of aromatic hydroxyl groups is 1. The SMILES string of the molecule is CCC(CC)C(=O)N1CCCc2cccc(O)c21. The molecule has 1 aromatic carbocycles. The summed E-state index contributed by atoms with van der Waals surface area (Å²) in [6.07, 6.45) is 3.63. The number of anilines is 1. The van der Waals surface area contributed by atoms with Crippen LogP contribution in [0.3, 0.4) is 0 Å². The van der Waals surface area contributed by atoms with Crippen LogP contribution in [0.15, 0.2) is 18.2 Å². The monoisotopic (exact) mass is 247 g/mol. The lowest BCUT2D eigenvalue weighted by atomic mass is 9.96. The highest BCUT2D eigenvalue weighted by Crippen LogP contribution is 2.36. The number of fused-ring (bicyclic) bond motifs is 1. The van der Waals surface area contributed by atoms with Gasteiger partial charge in [-0.1, -0.05) is 26.0 Å². The molecule has 0 unspecified atom stereocenters. The van der Waals surface area contributed by atoms with Crippen LogP contribution in [0.5, 0.6) is 5.75 Å². The third kappa shape index (κ3) is 2.22. The zero-order chi connectivity index (χ0) is 13.1. The molecule has 0 fully saturated rings. The van der Waals surface area contributed by atoms with Crippen LogP contribution in [0.1, 0.15) is 38.7 Å². The summed E-state index contributed by atoms with van der Waals surface area (Å²) in [7, 11) is 0. The number of aryl methyl sites for hydroxylation is 1. The van der Waals surface area contributed by atoms with E-state index in [0.29, 0.717) is 0 Å². The van der Waals surface area contributed by atoms with E-state index >= 15 is 0 Å². The fourth-order valence-electron chi connectivity index (χ4n) is 2.71. The normalized spacial score (nSPS) is 14.7. The van der Waals surface area contributed by atoms with Gasteiger partial charge < -0.3 is 10.0 Å². The Morgan fingerprint density at radius 1 is 1.39 bits per heavy atom.